The maximum Gasteiger partial charge on any atom is 0.424 e. The lowest BCUT2D eigenvalue weighted by molar-refractivity contribution is -0.161. The number of anilines is 3. The van der Waals surface area contributed by atoms with Crippen LogP contribution in [0.25, 0.3) is 16.8 Å². The van der Waals surface area contributed by atoms with Gasteiger partial charge in [-0.15, -0.1) is 5.10 Å². The molecule has 14 nitrogen and oxygen atoms in total. The smallest absolute Gasteiger partial charge is 0.424 e. The molecule has 16 heteroatoms. The average molecular weight is 719 g/mol. The van der Waals surface area contributed by atoms with Gasteiger partial charge >= 0.3 is 12.1 Å². The Morgan fingerprint density at radius 3 is 2.29 bits per heavy atom. The summed E-state index contributed by atoms with van der Waals surface area (Å²) < 4.78 is 54.9. The zero-order valence-corrected chi connectivity index (χ0v) is 28.9. The van der Waals surface area contributed by atoms with Crippen molar-refractivity contribution in [3.05, 3.63) is 96.4 Å². The number of hydrogen-bond donors (Lipinski definition) is 2. The van der Waals surface area contributed by atoms with Crippen molar-refractivity contribution in [2.75, 3.05) is 36.9 Å². The molecule has 0 spiro atoms. The minimum absolute atomic E-state index is 0.000488. The van der Waals surface area contributed by atoms with Gasteiger partial charge in [-0.3, -0.25) is 9.59 Å². The number of esters is 1. The van der Waals surface area contributed by atoms with Crippen molar-refractivity contribution in [3.63, 3.8) is 0 Å². The van der Waals surface area contributed by atoms with E-state index in [1.807, 2.05) is 0 Å². The summed E-state index contributed by atoms with van der Waals surface area (Å²) in [5.41, 5.74) is 7.76. The van der Waals surface area contributed by atoms with Gasteiger partial charge in [-0.1, -0.05) is 24.3 Å². The predicted molar refractivity (Wildman–Crippen MR) is 186 cm³/mol. The standard InChI is InChI=1S/C35H35FN6O8S/c1-35(2,20-37)32(44)49-21-50-34(45)42(28-15-14-27(51(4,46)47)18-29(28)48-3)33-39-30-16-9-24(19-41(30)40-33)23-7-12-26(13-8-23)38-31(43)17-22-5-10-25(36)11-6-22/h5-16,18-19H,17,20-21,37H2,1-4H3,(H,38,43). The minimum Gasteiger partial charge on any atom is -0.495 e. The molecule has 2 aromatic heterocycles. The number of nitrogens with zero attached hydrogens (tertiary/aromatic N) is 4. The average Bonchev–Trinajstić information content (AvgIpc) is 3.52. The summed E-state index contributed by atoms with van der Waals surface area (Å²) in [5, 5.41) is 7.31. The summed E-state index contributed by atoms with van der Waals surface area (Å²) >= 11 is 0. The number of rotatable bonds is 12. The molecule has 0 aliphatic rings. The van der Waals surface area contributed by atoms with Gasteiger partial charge in [0, 0.05) is 36.3 Å². The van der Waals surface area contributed by atoms with Gasteiger partial charge in [0.25, 0.3) is 5.95 Å². The Labute approximate surface area is 292 Å². The van der Waals surface area contributed by atoms with E-state index in [-0.39, 0.29) is 47.0 Å². The molecule has 0 aliphatic carbocycles. The van der Waals surface area contributed by atoms with Gasteiger partial charge in [-0.05, 0) is 73.5 Å². The predicted octanol–water partition coefficient (Wildman–Crippen LogP) is 4.89. The minimum atomic E-state index is -3.63. The second kappa shape index (κ2) is 14.9. The van der Waals surface area contributed by atoms with Crippen molar-refractivity contribution in [1.82, 2.24) is 14.6 Å². The third kappa shape index (κ3) is 8.66. The number of amides is 2. The molecule has 5 rings (SSSR count). The number of nitrogens with two attached hydrogens (primary N) is 1. The first-order valence-corrected chi connectivity index (χ1v) is 17.3. The highest BCUT2D eigenvalue weighted by molar-refractivity contribution is 7.90. The summed E-state index contributed by atoms with van der Waals surface area (Å²) in [5.74, 6) is -1.47. The second-order valence-electron chi connectivity index (χ2n) is 12.1. The van der Waals surface area contributed by atoms with Crippen LogP contribution in [0.4, 0.5) is 26.5 Å². The number of carbonyl (C=O) groups excluding carboxylic acids is 3. The third-order valence-electron chi connectivity index (χ3n) is 7.74. The van der Waals surface area contributed by atoms with Gasteiger partial charge in [-0.2, -0.15) is 4.98 Å². The van der Waals surface area contributed by atoms with Gasteiger partial charge in [0.05, 0.1) is 29.5 Å². The number of hydrogen-bond acceptors (Lipinski definition) is 11. The zero-order chi connectivity index (χ0) is 36.9. The highest BCUT2D eigenvalue weighted by Gasteiger charge is 2.31. The Kier molecular flexibility index (Phi) is 10.7. The van der Waals surface area contributed by atoms with Crippen LogP contribution >= 0.6 is 0 Å². The van der Waals surface area contributed by atoms with Crippen molar-refractivity contribution in [2.45, 2.75) is 25.2 Å². The molecule has 3 aromatic carbocycles. The molecule has 0 aliphatic heterocycles. The number of nitrogens with one attached hydrogen (secondary N) is 1. The molecule has 3 N–H and O–H groups in total. The fraction of sp³-hybridized carbons (Fsp3) is 0.229. The number of sulfone groups is 1. The van der Waals surface area contributed by atoms with E-state index in [0.29, 0.717) is 16.9 Å². The van der Waals surface area contributed by atoms with E-state index < -0.39 is 34.1 Å². The van der Waals surface area contributed by atoms with Gasteiger partial charge in [0.15, 0.2) is 15.5 Å². The maximum atomic E-state index is 13.6. The Balaban J connectivity index is 1.40. The largest absolute Gasteiger partial charge is 0.495 e. The molecule has 0 saturated carbocycles. The van der Waals surface area contributed by atoms with Crippen LogP contribution in [0.5, 0.6) is 5.75 Å². The van der Waals surface area contributed by atoms with Crippen molar-refractivity contribution in [1.29, 1.82) is 0 Å². The zero-order valence-electron chi connectivity index (χ0n) is 28.1. The first-order valence-electron chi connectivity index (χ1n) is 15.4. The number of fused-ring (bicyclic) bond motifs is 1. The van der Waals surface area contributed by atoms with Crippen LogP contribution < -0.4 is 20.7 Å². The molecule has 0 radical (unpaired) electrons. The monoisotopic (exact) mass is 718 g/mol. The quantitative estimate of drug-likeness (QED) is 0.132. The Bertz CT molecular complexity index is 2190. The first-order chi connectivity index (χ1) is 24.2. The second-order valence-corrected chi connectivity index (χ2v) is 14.1. The van der Waals surface area contributed by atoms with Gasteiger partial charge in [-0.25, -0.2) is 27.0 Å². The Morgan fingerprint density at radius 2 is 1.65 bits per heavy atom. The van der Waals surface area contributed by atoms with Gasteiger partial charge in [0.1, 0.15) is 11.6 Å². The van der Waals surface area contributed by atoms with E-state index in [0.717, 1.165) is 22.3 Å². The van der Waals surface area contributed by atoms with E-state index in [1.54, 1.807) is 68.6 Å². The lowest BCUT2D eigenvalue weighted by Gasteiger charge is -2.22. The summed E-state index contributed by atoms with van der Waals surface area (Å²) in [4.78, 5) is 43.8. The van der Waals surface area contributed by atoms with Crippen LogP contribution in [-0.2, 0) is 35.3 Å². The third-order valence-corrected chi connectivity index (χ3v) is 8.85. The van der Waals surface area contributed by atoms with Crippen LogP contribution in [0, 0.1) is 11.2 Å². The van der Waals surface area contributed by atoms with Gasteiger partial charge in [0.2, 0.25) is 12.7 Å². The van der Waals surface area contributed by atoms with Crippen LogP contribution in [-0.4, -0.2) is 67.7 Å². The molecule has 2 heterocycles. The number of carbonyl (C=O) groups is 3. The molecule has 0 atom stereocenters. The Hall–Kier alpha value is -5.87. The molecule has 0 bridgehead atoms. The number of benzene rings is 3. The van der Waals surface area contributed by atoms with Crippen molar-refractivity contribution >= 4 is 50.8 Å². The molecule has 5 aromatic rings. The summed E-state index contributed by atoms with van der Waals surface area (Å²) in [6.07, 6.45) is 1.75. The van der Waals surface area contributed by atoms with Crippen LogP contribution in [0.1, 0.15) is 19.4 Å². The number of pyridine rings is 1. The van der Waals surface area contributed by atoms with E-state index in [1.165, 1.54) is 42.0 Å². The van der Waals surface area contributed by atoms with Crippen LogP contribution in [0.2, 0.25) is 0 Å². The highest BCUT2D eigenvalue weighted by atomic mass is 32.2. The van der Waals surface area contributed by atoms with E-state index in [2.05, 4.69) is 15.4 Å². The molecule has 0 fully saturated rings. The molecule has 0 unspecified atom stereocenters. The van der Waals surface area contributed by atoms with E-state index in [9.17, 15) is 27.2 Å². The van der Waals surface area contributed by atoms with Crippen LogP contribution in [0.15, 0.2) is 90.0 Å². The van der Waals surface area contributed by atoms with Crippen molar-refractivity contribution in [3.8, 4) is 16.9 Å². The molecule has 266 valence electrons. The van der Waals surface area contributed by atoms with E-state index in [4.69, 9.17) is 19.9 Å². The number of methoxy groups -OCH3 is 1. The van der Waals surface area contributed by atoms with Crippen molar-refractivity contribution in [2.24, 2.45) is 11.1 Å². The lowest BCUT2D eigenvalue weighted by atomic mass is 9.94. The molecular weight excluding hydrogens is 683 g/mol. The summed E-state index contributed by atoms with van der Waals surface area (Å²) in [6.45, 7) is 2.41. The topological polar surface area (TPSA) is 185 Å². The SMILES string of the molecule is COc1cc(S(C)(=O)=O)ccc1N(C(=O)OCOC(=O)C(C)(C)CN)c1nc2ccc(-c3ccc(NC(=O)Cc4ccc(F)cc4)cc3)cn2n1. The molecule has 51 heavy (non-hydrogen) atoms. The first kappa shape index (κ1) is 36.4. The number of ether oxygens (including phenoxy) is 3. The number of halogens is 1. The highest BCUT2D eigenvalue weighted by Crippen LogP contribution is 2.35. The summed E-state index contributed by atoms with van der Waals surface area (Å²) in [6, 6.07) is 20.1. The lowest BCUT2D eigenvalue weighted by Crippen LogP contribution is -2.36. The normalized spacial score (nSPS) is 11.6. The summed E-state index contributed by atoms with van der Waals surface area (Å²) in [7, 11) is -2.33. The maximum absolute atomic E-state index is 13.6. The fourth-order valence-corrected chi connectivity index (χ4v) is 5.35. The van der Waals surface area contributed by atoms with Crippen LogP contribution in [0.3, 0.4) is 0 Å². The number of aromatic nitrogens is 3. The van der Waals surface area contributed by atoms with E-state index >= 15 is 0 Å². The molecule has 2 amide bonds. The Morgan fingerprint density at radius 1 is 0.961 bits per heavy atom. The van der Waals surface area contributed by atoms with Crippen molar-refractivity contribution < 1.29 is 41.4 Å². The molecular formula is C35H35FN6O8S. The van der Waals surface area contributed by atoms with Gasteiger partial charge < -0.3 is 25.3 Å². The fourth-order valence-electron chi connectivity index (χ4n) is 4.71. The molecule has 0 saturated heterocycles.